The number of hydrogen-bond donors (Lipinski definition) is 3. The van der Waals surface area contributed by atoms with Gasteiger partial charge in [-0.25, -0.2) is 0 Å². The summed E-state index contributed by atoms with van der Waals surface area (Å²) in [5, 5.41) is 8.06. The van der Waals surface area contributed by atoms with Crippen LogP contribution in [0, 0.1) is 5.92 Å². The normalized spacial score (nSPS) is 31.6. The number of amides is 2. The SMILES string of the molecule is O=C1CCC(NC(=O)C2CCC(C(F)(F)F)CN2)CN1. The van der Waals surface area contributed by atoms with Gasteiger partial charge in [-0.2, -0.15) is 13.2 Å². The standard InChI is InChI=1S/C12H18F3N3O2/c13-12(14,15)7-1-3-9(16-5-7)11(20)18-8-2-4-10(19)17-6-8/h7-9,16H,1-6H2,(H,17,19)(H,18,20). The summed E-state index contributed by atoms with van der Waals surface area (Å²) in [6.07, 6.45) is -3.14. The van der Waals surface area contributed by atoms with E-state index in [0.717, 1.165) is 0 Å². The van der Waals surface area contributed by atoms with Gasteiger partial charge in [-0.05, 0) is 19.3 Å². The van der Waals surface area contributed by atoms with Gasteiger partial charge in [0.15, 0.2) is 0 Å². The van der Waals surface area contributed by atoms with Crippen molar-refractivity contribution in [3.05, 3.63) is 0 Å². The van der Waals surface area contributed by atoms with Crippen molar-refractivity contribution in [2.24, 2.45) is 5.92 Å². The molecular weight excluding hydrogens is 275 g/mol. The number of halogens is 3. The van der Waals surface area contributed by atoms with Gasteiger partial charge in [-0.1, -0.05) is 0 Å². The van der Waals surface area contributed by atoms with Gasteiger partial charge in [0, 0.05) is 25.6 Å². The molecule has 5 nitrogen and oxygen atoms in total. The van der Waals surface area contributed by atoms with Gasteiger partial charge in [0.1, 0.15) is 0 Å². The van der Waals surface area contributed by atoms with Gasteiger partial charge >= 0.3 is 6.18 Å². The van der Waals surface area contributed by atoms with Crippen molar-refractivity contribution in [2.75, 3.05) is 13.1 Å². The van der Waals surface area contributed by atoms with Gasteiger partial charge in [0.2, 0.25) is 11.8 Å². The predicted octanol–water partition coefficient (Wildman–Crippen LogP) is 0.312. The second-order valence-corrected chi connectivity index (χ2v) is 5.32. The Labute approximate surface area is 114 Å². The molecule has 20 heavy (non-hydrogen) atoms. The van der Waals surface area contributed by atoms with Crippen LogP contribution in [0.3, 0.4) is 0 Å². The van der Waals surface area contributed by atoms with Gasteiger partial charge in [0.05, 0.1) is 12.0 Å². The molecule has 0 spiro atoms. The summed E-state index contributed by atoms with van der Waals surface area (Å²) in [4.78, 5) is 22.9. The molecule has 2 heterocycles. The highest BCUT2D eigenvalue weighted by Crippen LogP contribution is 2.31. The Morgan fingerprint density at radius 3 is 2.45 bits per heavy atom. The van der Waals surface area contributed by atoms with Crippen LogP contribution in [0.1, 0.15) is 25.7 Å². The fourth-order valence-electron chi connectivity index (χ4n) is 2.52. The molecule has 0 aliphatic carbocycles. The Balaban J connectivity index is 1.76. The van der Waals surface area contributed by atoms with Gasteiger partial charge in [-0.15, -0.1) is 0 Å². The highest BCUT2D eigenvalue weighted by atomic mass is 19.4. The molecule has 0 bridgehead atoms. The van der Waals surface area contributed by atoms with E-state index in [9.17, 15) is 22.8 Å². The van der Waals surface area contributed by atoms with Crippen molar-refractivity contribution in [2.45, 2.75) is 43.9 Å². The zero-order valence-electron chi connectivity index (χ0n) is 10.9. The van der Waals surface area contributed by atoms with Crippen molar-refractivity contribution in [1.82, 2.24) is 16.0 Å². The molecule has 3 N–H and O–H groups in total. The molecule has 114 valence electrons. The van der Waals surface area contributed by atoms with E-state index in [2.05, 4.69) is 16.0 Å². The second-order valence-electron chi connectivity index (χ2n) is 5.32. The lowest BCUT2D eigenvalue weighted by Gasteiger charge is -2.32. The Kier molecular flexibility index (Phi) is 4.52. The van der Waals surface area contributed by atoms with Crippen LogP contribution in [-0.2, 0) is 9.59 Å². The van der Waals surface area contributed by atoms with Crippen LogP contribution in [0.4, 0.5) is 13.2 Å². The quantitative estimate of drug-likeness (QED) is 0.686. The molecule has 2 fully saturated rings. The molecule has 0 aromatic carbocycles. The Morgan fingerprint density at radius 1 is 1.20 bits per heavy atom. The van der Waals surface area contributed by atoms with E-state index in [4.69, 9.17) is 0 Å². The molecule has 2 aliphatic rings. The highest BCUT2D eigenvalue weighted by molar-refractivity contribution is 5.83. The van der Waals surface area contributed by atoms with Crippen LogP contribution in [0.5, 0.6) is 0 Å². The number of carbonyl (C=O) groups is 2. The van der Waals surface area contributed by atoms with Crippen molar-refractivity contribution in [1.29, 1.82) is 0 Å². The molecule has 0 radical (unpaired) electrons. The Hall–Kier alpha value is -1.31. The maximum absolute atomic E-state index is 12.5. The van der Waals surface area contributed by atoms with E-state index in [-0.39, 0.29) is 37.2 Å². The van der Waals surface area contributed by atoms with Crippen molar-refractivity contribution < 1.29 is 22.8 Å². The number of piperidine rings is 2. The average molecular weight is 293 g/mol. The van der Waals surface area contributed by atoms with Crippen LogP contribution in [0.25, 0.3) is 0 Å². The number of alkyl halides is 3. The van der Waals surface area contributed by atoms with Gasteiger partial charge in [-0.3, -0.25) is 9.59 Å². The lowest BCUT2D eigenvalue weighted by molar-refractivity contribution is -0.180. The summed E-state index contributed by atoms with van der Waals surface area (Å²) in [7, 11) is 0. The number of carbonyl (C=O) groups excluding carboxylic acids is 2. The molecule has 3 unspecified atom stereocenters. The smallest absolute Gasteiger partial charge is 0.354 e. The molecule has 0 aromatic rings. The molecule has 3 atom stereocenters. The van der Waals surface area contributed by atoms with Crippen LogP contribution in [-0.4, -0.2) is 43.2 Å². The fourth-order valence-corrected chi connectivity index (χ4v) is 2.52. The molecule has 0 saturated carbocycles. The topological polar surface area (TPSA) is 70.2 Å². The molecule has 2 rings (SSSR count). The van der Waals surface area contributed by atoms with E-state index in [1.807, 2.05) is 0 Å². The first-order chi connectivity index (χ1) is 9.36. The Morgan fingerprint density at radius 2 is 1.95 bits per heavy atom. The lowest BCUT2D eigenvalue weighted by Crippen LogP contribution is -2.55. The number of hydrogen-bond acceptors (Lipinski definition) is 3. The summed E-state index contributed by atoms with van der Waals surface area (Å²) in [5.41, 5.74) is 0. The van der Waals surface area contributed by atoms with Crippen LogP contribution < -0.4 is 16.0 Å². The van der Waals surface area contributed by atoms with Crippen LogP contribution >= 0.6 is 0 Å². The third kappa shape index (κ3) is 3.84. The van der Waals surface area contributed by atoms with E-state index >= 15 is 0 Å². The summed E-state index contributed by atoms with van der Waals surface area (Å²) in [6.45, 7) is 0.158. The zero-order valence-corrected chi connectivity index (χ0v) is 10.9. The monoisotopic (exact) mass is 293 g/mol. The van der Waals surface area contributed by atoms with Gasteiger partial charge in [0.25, 0.3) is 0 Å². The summed E-state index contributed by atoms with van der Waals surface area (Å²) in [6, 6.07) is -0.714. The molecule has 8 heteroatoms. The van der Waals surface area contributed by atoms with Crippen molar-refractivity contribution in [3.63, 3.8) is 0 Å². The first-order valence-electron chi connectivity index (χ1n) is 6.73. The maximum Gasteiger partial charge on any atom is 0.393 e. The largest absolute Gasteiger partial charge is 0.393 e. The molecule has 0 aromatic heterocycles. The second kappa shape index (κ2) is 5.99. The summed E-state index contributed by atoms with van der Waals surface area (Å²) < 4.78 is 37.5. The summed E-state index contributed by atoms with van der Waals surface area (Å²) >= 11 is 0. The van der Waals surface area contributed by atoms with E-state index in [1.54, 1.807) is 0 Å². The Bertz CT molecular complexity index is 369. The van der Waals surface area contributed by atoms with Crippen LogP contribution in [0.2, 0.25) is 0 Å². The minimum Gasteiger partial charge on any atom is -0.354 e. The minimum atomic E-state index is -4.21. The first-order valence-corrected chi connectivity index (χ1v) is 6.73. The molecule has 2 amide bonds. The number of nitrogens with one attached hydrogen (secondary N) is 3. The predicted molar refractivity (Wildman–Crippen MR) is 64.7 cm³/mol. The first kappa shape index (κ1) is 15.1. The average Bonchev–Trinajstić information content (AvgIpc) is 2.40. The van der Waals surface area contributed by atoms with Crippen molar-refractivity contribution >= 4 is 11.8 Å². The highest BCUT2D eigenvalue weighted by Gasteiger charge is 2.42. The van der Waals surface area contributed by atoms with E-state index < -0.39 is 18.1 Å². The minimum absolute atomic E-state index is 0.0318. The van der Waals surface area contributed by atoms with Crippen LogP contribution in [0.15, 0.2) is 0 Å². The third-order valence-corrected chi connectivity index (χ3v) is 3.81. The zero-order chi connectivity index (χ0) is 14.8. The molecular formula is C12H18F3N3O2. The maximum atomic E-state index is 12.5. The summed E-state index contributed by atoms with van der Waals surface area (Å²) in [5.74, 6) is -1.70. The van der Waals surface area contributed by atoms with E-state index in [1.165, 1.54) is 0 Å². The fraction of sp³-hybridized carbons (Fsp3) is 0.833. The van der Waals surface area contributed by atoms with Gasteiger partial charge < -0.3 is 16.0 Å². The molecule has 2 aliphatic heterocycles. The third-order valence-electron chi connectivity index (χ3n) is 3.81. The molecule has 2 saturated heterocycles. The lowest BCUT2D eigenvalue weighted by atomic mass is 9.93. The van der Waals surface area contributed by atoms with E-state index in [0.29, 0.717) is 19.4 Å². The van der Waals surface area contributed by atoms with Crippen molar-refractivity contribution in [3.8, 4) is 0 Å². The number of rotatable bonds is 2.